The molecule has 6 heteroatoms. The SMILES string of the molecule is CCN=C(NC1C2CCOC2C12CCC2)N(C)CCc1cccs1.I. The van der Waals surface area contributed by atoms with Crippen LogP contribution in [0.25, 0.3) is 0 Å². The van der Waals surface area contributed by atoms with E-state index >= 15 is 0 Å². The third kappa shape index (κ3) is 3.46. The molecule has 3 unspecified atom stereocenters. The molecule has 2 heterocycles. The lowest BCUT2D eigenvalue weighted by molar-refractivity contribution is -0.171. The van der Waals surface area contributed by atoms with Gasteiger partial charge in [-0.2, -0.15) is 0 Å². The summed E-state index contributed by atoms with van der Waals surface area (Å²) in [6.07, 6.45) is 6.82. The maximum Gasteiger partial charge on any atom is 0.193 e. The molecule has 0 bridgehead atoms. The molecule has 3 atom stereocenters. The third-order valence-corrected chi connectivity index (χ3v) is 7.20. The highest BCUT2D eigenvalue weighted by Crippen LogP contribution is 2.62. The highest BCUT2D eigenvalue weighted by Gasteiger charge is 2.66. The van der Waals surface area contributed by atoms with Gasteiger partial charge in [0.1, 0.15) is 0 Å². The zero-order valence-corrected chi connectivity index (χ0v) is 18.4. The van der Waals surface area contributed by atoms with Gasteiger partial charge in [-0.3, -0.25) is 4.99 Å². The molecule has 4 nitrogen and oxygen atoms in total. The highest BCUT2D eigenvalue weighted by molar-refractivity contribution is 14.0. The normalized spacial score (nSPS) is 29.4. The zero-order valence-electron chi connectivity index (χ0n) is 15.2. The Balaban J connectivity index is 0.00000182. The van der Waals surface area contributed by atoms with Gasteiger partial charge in [-0.25, -0.2) is 0 Å². The van der Waals surface area contributed by atoms with Crippen LogP contribution in [0.2, 0.25) is 0 Å². The van der Waals surface area contributed by atoms with Crippen LogP contribution in [0.4, 0.5) is 0 Å². The molecule has 25 heavy (non-hydrogen) atoms. The van der Waals surface area contributed by atoms with Gasteiger partial charge in [-0.15, -0.1) is 35.3 Å². The lowest BCUT2D eigenvalue weighted by Crippen LogP contribution is -2.72. The number of guanidine groups is 1. The Kier molecular flexibility index (Phi) is 6.31. The fourth-order valence-electron chi connectivity index (χ4n) is 4.86. The number of hydrogen-bond acceptors (Lipinski definition) is 3. The van der Waals surface area contributed by atoms with Crippen LogP contribution < -0.4 is 5.32 Å². The Morgan fingerprint density at radius 1 is 1.48 bits per heavy atom. The van der Waals surface area contributed by atoms with E-state index in [2.05, 4.69) is 41.7 Å². The largest absolute Gasteiger partial charge is 0.377 e. The van der Waals surface area contributed by atoms with Crippen molar-refractivity contribution in [2.75, 3.05) is 26.7 Å². The Hall–Kier alpha value is -0.340. The molecule has 140 valence electrons. The second kappa shape index (κ2) is 8.13. The van der Waals surface area contributed by atoms with Crippen molar-refractivity contribution in [1.82, 2.24) is 10.2 Å². The van der Waals surface area contributed by atoms with E-state index in [-0.39, 0.29) is 24.0 Å². The summed E-state index contributed by atoms with van der Waals surface area (Å²) in [5, 5.41) is 6.00. The molecule has 1 aliphatic heterocycles. The van der Waals surface area contributed by atoms with E-state index in [1.807, 2.05) is 11.3 Å². The molecule has 1 saturated heterocycles. The summed E-state index contributed by atoms with van der Waals surface area (Å²) >= 11 is 1.84. The fourth-order valence-corrected chi connectivity index (χ4v) is 5.56. The predicted octanol–water partition coefficient (Wildman–Crippen LogP) is 3.76. The monoisotopic (exact) mass is 475 g/mol. The van der Waals surface area contributed by atoms with Gasteiger partial charge in [0.05, 0.1) is 6.10 Å². The molecule has 0 radical (unpaired) electrons. The number of rotatable bonds is 5. The molecule has 0 amide bonds. The van der Waals surface area contributed by atoms with Crippen molar-refractivity contribution in [2.24, 2.45) is 16.3 Å². The Labute approximate surface area is 172 Å². The number of hydrogen-bond donors (Lipinski definition) is 1. The molecule has 1 N–H and O–H groups in total. The topological polar surface area (TPSA) is 36.9 Å². The van der Waals surface area contributed by atoms with Crippen LogP contribution in [0, 0.1) is 11.3 Å². The molecule has 2 saturated carbocycles. The molecule has 2 aliphatic carbocycles. The number of nitrogens with one attached hydrogen (secondary N) is 1. The van der Waals surface area contributed by atoms with Gasteiger partial charge in [0.15, 0.2) is 5.96 Å². The first-order valence-electron chi connectivity index (χ1n) is 9.41. The van der Waals surface area contributed by atoms with E-state index in [1.54, 1.807) is 0 Å². The summed E-state index contributed by atoms with van der Waals surface area (Å²) < 4.78 is 6.05. The van der Waals surface area contributed by atoms with Crippen molar-refractivity contribution in [3.63, 3.8) is 0 Å². The summed E-state index contributed by atoms with van der Waals surface area (Å²) in [4.78, 5) is 8.53. The van der Waals surface area contributed by atoms with Crippen molar-refractivity contribution >= 4 is 41.3 Å². The molecule has 3 aliphatic rings. The van der Waals surface area contributed by atoms with Crippen LogP contribution in [-0.4, -0.2) is 49.7 Å². The Morgan fingerprint density at radius 3 is 2.96 bits per heavy atom. The van der Waals surface area contributed by atoms with E-state index < -0.39 is 0 Å². The molecule has 0 aromatic carbocycles. The standard InChI is InChI=1S/C19H29N3OS.HI/c1-3-20-18(22(2)11-7-14-6-4-13-24-14)21-16-15-8-12-23-17(15)19(16)9-5-10-19;/h4,6,13,15-17H,3,5,7-12H2,1-2H3,(H,20,21);1H. The summed E-state index contributed by atoms with van der Waals surface area (Å²) in [5.74, 6) is 1.77. The number of thiophene rings is 1. The minimum Gasteiger partial charge on any atom is -0.377 e. The minimum atomic E-state index is 0. The van der Waals surface area contributed by atoms with E-state index in [1.165, 1.54) is 30.6 Å². The van der Waals surface area contributed by atoms with Crippen LogP contribution in [0.1, 0.15) is 37.5 Å². The van der Waals surface area contributed by atoms with E-state index in [9.17, 15) is 0 Å². The molecular weight excluding hydrogens is 445 g/mol. The molecular formula is C19H30IN3OS. The number of halogens is 1. The van der Waals surface area contributed by atoms with Crippen LogP contribution in [-0.2, 0) is 11.2 Å². The number of ether oxygens (including phenoxy) is 1. The molecule has 4 rings (SSSR count). The Bertz CT molecular complexity index is 587. The average Bonchev–Trinajstić information content (AvgIpc) is 3.18. The van der Waals surface area contributed by atoms with Gasteiger partial charge in [-0.05, 0) is 44.1 Å². The summed E-state index contributed by atoms with van der Waals surface area (Å²) in [6.45, 7) is 4.91. The lowest BCUT2D eigenvalue weighted by atomic mass is 9.46. The van der Waals surface area contributed by atoms with E-state index in [4.69, 9.17) is 9.73 Å². The minimum absolute atomic E-state index is 0. The zero-order chi connectivity index (χ0) is 16.6. The molecule has 1 aromatic rings. The summed E-state index contributed by atoms with van der Waals surface area (Å²) in [5.41, 5.74) is 0.407. The summed E-state index contributed by atoms with van der Waals surface area (Å²) in [7, 11) is 2.17. The van der Waals surface area contributed by atoms with Crippen molar-refractivity contribution in [2.45, 2.75) is 51.2 Å². The Morgan fingerprint density at radius 2 is 2.32 bits per heavy atom. The van der Waals surface area contributed by atoms with Gasteiger partial charge >= 0.3 is 0 Å². The third-order valence-electron chi connectivity index (χ3n) is 6.26. The van der Waals surface area contributed by atoms with Crippen molar-refractivity contribution < 1.29 is 4.74 Å². The van der Waals surface area contributed by atoms with Gasteiger partial charge in [0.25, 0.3) is 0 Å². The summed E-state index contributed by atoms with van der Waals surface area (Å²) in [6, 6.07) is 4.92. The van der Waals surface area contributed by atoms with Gasteiger partial charge in [0, 0.05) is 49.0 Å². The number of nitrogens with zero attached hydrogens (tertiary/aromatic N) is 2. The molecule has 1 aromatic heterocycles. The van der Waals surface area contributed by atoms with Crippen LogP contribution >= 0.6 is 35.3 Å². The number of likely N-dealkylation sites (N-methyl/N-ethyl adjacent to an activating group) is 1. The highest BCUT2D eigenvalue weighted by atomic mass is 127. The lowest BCUT2D eigenvalue weighted by Gasteiger charge is -2.63. The smallest absolute Gasteiger partial charge is 0.193 e. The fraction of sp³-hybridized carbons (Fsp3) is 0.737. The second-order valence-corrected chi connectivity index (χ2v) is 8.53. The molecule has 1 spiro atoms. The molecule has 3 fully saturated rings. The van der Waals surface area contributed by atoms with E-state index in [0.29, 0.717) is 23.5 Å². The van der Waals surface area contributed by atoms with Gasteiger partial charge < -0.3 is 15.0 Å². The predicted molar refractivity (Wildman–Crippen MR) is 115 cm³/mol. The van der Waals surface area contributed by atoms with Crippen molar-refractivity contribution in [3.05, 3.63) is 22.4 Å². The maximum absolute atomic E-state index is 6.05. The van der Waals surface area contributed by atoms with Crippen molar-refractivity contribution in [1.29, 1.82) is 0 Å². The second-order valence-electron chi connectivity index (χ2n) is 7.50. The van der Waals surface area contributed by atoms with Crippen LogP contribution in [0.3, 0.4) is 0 Å². The average molecular weight is 475 g/mol. The number of aliphatic imine (C=N–C) groups is 1. The first-order chi connectivity index (χ1) is 11.7. The van der Waals surface area contributed by atoms with Crippen molar-refractivity contribution in [3.8, 4) is 0 Å². The maximum atomic E-state index is 6.05. The van der Waals surface area contributed by atoms with E-state index in [0.717, 1.165) is 32.1 Å². The van der Waals surface area contributed by atoms with Crippen LogP contribution in [0.5, 0.6) is 0 Å². The quantitative estimate of drug-likeness (QED) is 0.400. The van der Waals surface area contributed by atoms with Crippen LogP contribution in [0.15, 0.2) is 22.5 Å². The first kappa shape index (κ1) is 19.4. The first-order valence-corrected chi connectivity index (χ1v) is 10.3. The van der Waals surface area contributed by atoms with Gasteiger partial charge in [-0.1, -0.05) is 12.5 Å². The number of fused-ring (bicyclic) bond motifs is 2. The van der Waals surface area contributed by atoms with Gasteiger partial charge in [0.2, 0.25) is 0 Å².